The number of hydrogen-bond donors (Lipinski definition) is 1. The highest BCUT2D eigenvalue weighted by Crippen LogP contribution is 2.30. The summed E-state index contributed by atoms with van der Waals surface area (Å²) in [5, 5.41) is 3.85. The Hall–Kier alpha value is -2.02. The first-order chi connectivity index (χ1) is 12.1. The van der Waals surface area contributed by atoms with Crippen molar-refractivity contribution in [3.05, 3.63) is 57.6 Å². The van der Waals surface area contributed by atoms with E-state index in [0.29, 0.717) is 12.2 Å². The van der Waals surface area contributed by atoms with E-state index in [1.54, 1.807) is 12.4 Å². The van der Waals surface area contributed by atoms with E-state index in [0.717, 1.165) is 42.9 Å². The number of hydrogen-bond acceptors (Lipinski definition) is 6. The van der Waals surface area contributed by atoms with Crippen LogP contribution in [0.25, 0.3) is 0 Å². The van der Waals surface area contributed by atoms with Crippen molar-refractivity contribution in [2.75, 3.05) is 19.6 Å². The van der Waals surface area contributed by atoms with Crippen molar-refractivity contribution in [3.8, 4) is 0 Å². The minimum Gasteiger partial charge on any atom is -0.457 e. The van der Waals surface area contributed by atoms with Gasteiger partial charge in [0, 0.05) is 55.7 Å². The lowest BCUT2D eigenvalue weighted by Crippen LogP contribution is -2.45. The normalized spacial score (nSPS) is 20.4. The van der Waals surface area contributed by atoms with Crippen LogP contribution >= 0.6 is 11.6 Å². The molecule has 1 aromatic carbocycles. The van der Waals surface area contributed by atoms with Crippen molar-refractivity contribution in [2.24, 2.45) is 0 Å². The van der Waals surface area contributed by atoms with Crippen LogP contribution < -0.4 is 5.32 Å². The van der Waals surface area contributed by atoms with Crippen LogP contribution in [0, 0.1) is 6.92 Å². The molecule has 130 valence electrons. The Morgan fingerprint density at radius 2 is 2.16 bits per heavy atom. The number of carbonyl (C=O) groups excluding carboxylic acids is 1. The lowest BCUT2D eigenvalue weighted by atomic mass is 9.93. The summed E-state index contributed by atoms with van der Waals surface area (Å²) >= 11 is 5.75. The number of piperazine rings is 1. The summed E-state index contributed by atoms with van der Waals surface area (Å²) in [5.41, 5.74) is 5.15. The number of halogens is 1. The molecule has 2 aliphatic rings. The van der Waals surface area contributed by atoms with Crippen molar-refractivity contribution >= 4 is 17.6 Å². The van der Waals surface area contributed by atoms with Gasteiger partial charge in [0.05, 0.1) is 5.56 Å². The van der Waals surface area contributed by atoms with E-state index in [1.807, 2.05) is 12.1 Å². The zero-order valence-corrected chi connectivity index (χ0v) is 14.7. The second kappa shape index (κ2) is 6.71. The Morgan fingerprint density at radius 1 is 1.36 bits per heavy atom. The number of rotatable bonds is 3. The highest BCUT2D eigenvalue weighted by Gasteiger charge is 2.28. The van der Waals surface area contributed by atoms with Crippen LogP contribution in [0.2, 0.25) is 5.28 Å². The van der Waals surface area contributed by atoms with Crippen LogP contribution in [-0.2, 0) is 17.9 Å². The minimum atomic E-state index is -0.217. The number of aromatic nitrogens is 2. The van der Waals surface area contributed by atoms with E-state index in [4.69, 9.17) is 16.3 Å². The molecule has 0 aliphatic carbocycles. The SMILES string of the molecule is Cc1c(C2CN(Cc3cnc(Cl)nc3)CCN2)ccc2c1COC2=O. The van der Waals surface area contributed by atoms with E-state index in [9.17, 15) is 4.79 Å². The molecule has 1 saturated heterocycles. The van der Waals surface area contributed by atoms with Gasteiger partial charge in [-0.1, -0.05) is 6.07 Å². The number of ether oxygens (including phenoxy) is 1. The van der Waals surface area contributed by atoms with Gasteiger partial charge < -0.3 is 10.1 Å². The smallest absolute Gasteiger partial charge is 0.338 e. The average Bonchev–Trinajstić information content (AvgIpc) is 3.00. The van der Waals surface area contributed by atoms with Gasteiger partial charge in [0.15, 0.2) is 0 Å². The Kier molecular flexibility index (Phi) is 4.41. The van der Waals surface area contributed by atoms with Crippen molar-refractivity contribution < 1.29 is 9.53 Å². The number of cyclic esters (lactones) is 1. The van der Waals surface area contributed by atoms with E-state index < -0.39 is 0 Å². The number of carbonyl (C=O) groups is 1. The number of esters is 1. The first-order valence-corrected chi connectivity index (χ1v) is 8.71. The molecular formula is C18H19ClN4O2. The first-order valence-electron chi connectivity index (χ1n) is 8.33. The summed E-state index contributed by atoms with van der Waals surface area (Å²) in [6.07, 6.45) is 3.55. The van der Waals surface area contributed by atoms with Gasteiger partial charge in [0.1, 0.15) is 6.61 Å². The molecule has 0 saturated carbocycles. The molecule has 1 unspecified atom stereocenters. The van der Waals surface area contributed by atoms with Crippen molar-refractivity contribution in [3.63, 3.8) is 0 Å². The third-order valence-corrected chi connectivity index (χ3v) is 5.12. The molecule has 4 rings (SSSR count). The van der Waals surface area contributed by atoms with Gasteiger partial charge in [0.25, 0.3) is 0 Å². The molecule has 0 spiro atoms. The summed E-state index contributed by atoms with van der Waals surface area (Å²) in [7, 11) is 0. The fourth-order valence-electron chi connectivity index (χ4n) is 3.59. The maximum atomic E-state index is 11.7. The highest BCUT2D eigenvalue weighted by atomic mass is 35.5. The van der Waals surface area contributed by atoms with Crippen LogP contribution in [0.4, 0.5) is 0 Å². The Labute approximate surface area is 151 Å². The molecular weight excluding hydrogens is 340 g/mol. The van der Waals surface area contributed by atoms with Crippen molar-refractivity contribution in [1.82, 2.24) is 20.2 Å². The molecule has 0 amide bonds. The van der Waals surface area contributed by atoms with Crippen LogP contribution in [0.15, 0.2) is 24.5 Å². The van der Waals surface area contributed by atoms with Crippen molar-refractivity contribution in [2.45, 2.75) is 26.1 Å². The molecule has 6 nitrogen and oxygen atoms in total. The van der Waals surface area contributed by atoms with Gasteiger partial charge in [0.2, 0.25) is 5.28 Å². The molecule has 1 N–H and O–H groups in total. The molecule has 1 aromatic heterocycles. The van der Waals surface area contributed by atoms with Gasteiger partial charge in [-0.05, 0) is 35.7 Å². The summed E-state index contributed by atoms with van der Waals surface area (Å²) in [5.74, 6) is -0.217. The zero-order chi connectivity index (χ0) is 17.4. The lowest BCUT2D eigenvalue weighted by molar-refractivity contribution is 0.0535. The predicted molar refractivity (Wildman–Crippen MR) is 93.4 cm³/mol. The topological polar surface area (TPSA) is 67.3 Å². The third kappa shape index (κ3) is 3.25. The highest BCUT2D eigenvalue weighted by molar-refractivity contribution is 6.28. The monoisotopic (exact) mass is 358 g/mol. The van der Waals surface area contributed by atoms with Gasteiger partial charge in [-0.25, -0.2) is 14.8 Å². The van der Waals surface area contributed by atoms with Gasteiger partial charge in [-0.2, -0.15) is 0 Å². The molecule has 25 heavy (non-hydrogen) atoms. The number of nitrogens with one attached hydrogen (secondary N) is 1. The number of fused-ring (bicyclic) bond motifs is 1. The summed E-state index contributed by atoms with van der Waals surface area (Å²) in [6, 6.07) is 4.16. The Balaban J connectivity index is 1.52. The first kappa shape index (κ1) is 16.4. The van der Waals surface area contributed by atoms with Gasteiger partial charge >= 0.3 is 5.97 Å². The zero-order valence-electron chi connectivity index (χ0n) is 14.0. The fraction of sp³-hybridized carbons (Fsp3) is 0.389. The average molecular weight is 359 g/mol. The predicted octanol–water partition coefficient (Wildman–Crippen LogP) is 2.26. The molecule has 3 heterocycles. The molecule has 2 aromatic rings. The number of nitrogens with zero attached hydrogens (tertiary/aromatic N) is 3. The van der Waals surface area contributed by atoms with Gasteiger partial charge in [-0.15, -0.1) is 0 Å². The number of benzene rings is 1. The maximum absolute atomic E-state index is 11.7. The van der Waals surface area contributed by atoms with E-state index in [-0.39, 0.29) is 17.3 Å². The second-order valence-electron chi connectivity index (χ2n) is 6.48. The summed E-state index contributed by atoms with van der Waals surface area (Å²) in [4.78, 5) is 22.2. The molecule has 2 aliphatic heterocycles. The fourth-order valence-corrected chi connectivity index (χ4v) is 3.68. The summed E-state index contributed by atoms with van der Waals surface area (Å²) in [6.45, 7) is 6.00. The molecule has 0 radical (unpaired) electrons. The lowest BCUT2D eigenvalue weighted by Gasteiger charge is -2.34. The standard InChI is InChI=1S/C18H19ClN4O2/c1-11-13(2-3-14-15(11)10-25-17(14)24)16-9-23(5-4-20-16)8-12-6-21-18(19)22-7-12/h2-3,6-7,16,20H,4-5,8-10H2,1H3. The third-order valence-electron chi connectivity index (χ3n) is 4.92. The van der Waals surface area contributed by atoms with E-state index in [1.165, 1.54) is 5.56 Å². The molecule has 1 fully saturated rings. The minimum absolute atomic E-state index is 0.217. The van der Waals surface area contributed by atoms with E-state index in [2.05, 4.69) is 27.1 Å². The molecule has 1 atom stereocenters. The molecule has 0 bridgehead atoms. The second-order valence-corrected chi connectivity index (χ2v) is 6.82. The van der Waals surface area contributed by atoms with Gasteiger partial charge in [-0.3, -0.25) is 4.90 Å². The van der Waals surface area contributed by atoms with E-state index >= 15 is 0 Å². The van der Waals surface area contributed by atoms with Crippen LogP contribution in [0.1, 0.15) is 38.7 Å². The largest absolute Gasteiger partial charge is 0.457 e. The Morgan fingerprint density at radius 3 is 2.96 bits per heavy atom. The van der Waals surface area contributed by atoms with Crippen LogP contribution in [0.5, 0.6) is 0 Å². The van der Waals surface area contributed by atoms with Crippen LogP contribution in [0.3, 0.4) is 0 Å². The molecule has 7 heteroatoms. The summed E-state index contributed by atoms with van der Waals surface area (Å²) < 4.78 is 5.16. The van der Waals surface area contributed by atoms with Crippen LogP contribution in [-0.4, -0.2) is 40.5 Å². The van der Waals surface area contributed by atoms with Crippen molar-refractivity contribution in [1.29, 1.82) is 0 Å². The maximum Gasteiger partial charge on any atom is 0.338 e. The quantitative estimate of drug-likeness (QED) is 0.670. The Bertz CT molecular complexity index is 809.